The van der Waals surface area contributed by atoms with Gasteiger partial charge in [0.25, 0.3) is 5.91 Å². The molecule has 38 heavy (non-hydrogen) atoms. The Hall–Kier alpha value is -3.88. The van der Waals surface area contributed by atoms with Crippen LogP contribution in [-0.4, -0.2) is 51.9 Å². The van der Waals surface area contributed by atoms with Crippen molar-refractivity contribution in [3.63, 3.8) is 0 Å². The van der Waals surface area contributed by atoms with Crippen LogP contribution in [0.5, 0.6) is 5.75 Å². The van der Waals surface area contributed by atoms with E-state index in [1.54, 1.807) is 25.3 Å². The number of hydrogen-bond donors (Lipinski definition) is 1. The molecule has 0 bridgehead atoms. The highest BCUT2D eigenvalue weighted by Gasteiger charge is 2.25. The number of carbonyl (C=O) groups is 2. The Bertz CT molecular complexity index is 1260. The lowest BCUT2D eigenvalue weighted by Crippen LogP contribution is -2.36. The largest absolute Gasteiger partial charge is 0.496 e. The molecule has 0 saturated heterocycles. The number of rotatable bonds is 9. The molecular formula is C29H39N5O4. The summed E-state index contributed by atoms with van der Waals surface area (Å²) in [5.41, 5.74) is 5.13. The van der Waals surface area contributed by atoms with Crippen molar-refractivity contribution >= 4 is 17.6 Å². The van der Waals surface area contributed by atoms with E-state index in [2.05, 4.69) is 29.4 Å². The molecule has 1 aromatic heterocycles. The third-order valence-electron chi connectivity index (χ3n) is 6.63. The highest BCUT2D eigenvalue weighted by Crippen LogP contribution is 2.29. The molecule has 1 aliphatic heterocycles. The number of aromatic nitrogens is 3. The molecule has 0 spiro atoms. The van der Waals surface area contributed by atoms with E-state index in [1.807, 2.05) is 55.7 Å². The smallest absolute Gasteiger partial charge is 0.410 e. The lowest BCUT2D eigenvalue weighted by Gasteiger charge is -2.29. The predicted molar refractivity (Wildman–Crippen MR) is 148 cm³/mol. The molecule has 0 aliphatic carbocycles. The van der Waals surface area contributed by atoms with Crippen molar-refractivity contribution < 1.29 is 19.1 Å². The number of allylic oxidation sites excluding steroid dienone is 5. The summed E-state index contributed by atoms with van der Waals surface area (Å²) in [6.07, 6.45) is 8.59. The maximum Gasteiger partial charge on any atom is 0.410 e. The Labute approximate surface area is 225 Å². The zero-order valence-electron chi connectivity index (χ0n) is 23.5. The monoisotopic (exact) mass is 521 g/mol. The van der Waals surface area contributed by atoms with Crippen LogP contribution in [0.3, 0.4) is 0 Å². The van der Waals surface area contributed by atoms with E-state index in [4.69, 9.17) is 9.47 Å². The molecule has 3 rings (SSSR count). The lowest BCUT2D eigenvalue weighted by molar-refractivity contribution is 0.0963. The molecule has 0 fully saturated rings. The van der Waals surface area contributed by atoms with E-state index in [0.717, 1.165) is 40.2 Å². The number of carbonyl (C=O) groups excluding carboxylic acids is 2. The molecule has 204 valence electrons. The molecule has 9 nitrogen and oxygen atoms in total. The van der Waals surface area contributed by atoms with Gasteiger partial charge in [0.2, 0.25) is 0 Å². The average Bonchev–Trinajstić information content (AvgIpc) is 3.41. The maximum absolute atomic E-state index is 13.5. The molecule has 2 amide bonds. The van der Waals surface area contributed by atoms with Crippen LogP contribution in [-0.2, 0) is 17.7 Å². The van der Waals surface area contributed by atoms with Gasteiger partial charge in [-0.2, -0.15) is 0 Å². The zero-order chi connectivity index (χ0) is 27.8. The summed E-state index contributed by atoms with van der Waals surface area (Å²) in [4.78, 5) is 27.4. The van der Waals surface area contributed by atoms with Crippen LogP contribution in [0, 0.1) is 0 Å². The van der Waals surface area contributed by atoms with Crippen LogP contribution < -0.4 is 10.1 Å². The minimum absolute atomic E-state index is 0.250. The number of nitrogens with zero attached hydrogens (tertiary/aromatic N) is 4. The van der Waals surface area contributed by atoms with Gasteiger partial charge in [-0.1, -0.05) is 19.1 Å². The van der Waals surface area contributed by atoms with Crippen molar-refractivity contribution in [2.75, 3.05) is 20.3 Å². The van der Waals surface area contributed by atoms with E-state index >= 15 is 0 Å². The molecule has 2 aromatic rings. The van der Waals surface area contributed by atoms with Gasteiger partial charge in [0.05, 0.1) is 19.3 Å². The van der Waals surface area contributed by atoms with E-state index in [1.165, 1.54) is 0 Å². The third-order valence-corrected chi connectivity index (χ3v) is 6.63. The number of fused-ring (bicyclic) bond motifs is 1. The first-order valence-corrected chi connectivity index (χ1v) is 13.1. The second-order valence-electron chi connectivity index (χ2n) is 9.56. The van der Waals surface area contributed by atoms with E-state index < -0.39 is 0 Å². The minimum atomic E-state index is -0.344. The SMILES string of the molecule is CCOC(=O)N1CCc2cc(OC)c(C(=O)NC(/C=C\C=C(/C)c3nncn3C(C)C)=C(/C)CC)cc2C1. The summed E-state index contributed by atoms with van der Waals surface area (Å²) in [6, 6.07) is 3.97. The first kappa shape index (κ1) is 28.7. The van der Waals surface area contributed by atoms with E-state index in [9.17, 15) is 9.59 Å². The van der Waals surface area contributed by atoms with Crippen LogP contribution in [0.1, 0.15) is 81.3 Å². The highest BCUT2D eigenvalue weighted by atomic mass is 16.6. The quantitative estimate of drug-likeness (QED) is 0.440. The fraction of sp³-hybridized carbons (Fsp3) is 0.448. The minimum Gasteiger partial charge on any atom is -0.496 e. The van der Waals surface area contributed by atoms with Gasteiger partial charge in [-0.3, -0.25) is 4.79 Å². The molecule has 0 radical (unpaired) electrons. The van der Waals surface area contributed by atoms with Gasteiger partial charge >= 0.3 is 6.09 Å². The molecule has 1 aromatic carbocycles. The topological polar surface area (TPSA) is 98.6 Å². The Kier molecular flexibility index (Phi) is 9.87. The summed E-state index contributed by atoms with van der Waals surface area (Å²) in [7, 11) is 1.56. The molecule has 1 N–H and O–H groups in total. The predicted octanol–water partition coefficient (Wildman–Crippen LogP) is 5.46. The van der Waals surface area contributed by atoms with Crippen LogP contribution in [0.25, 0.3) is 5.57 Å². The molecule has 0 unspecified atom stereocenters. The molecular weight excluding hydrogens is 482 g/mol. The second kappa shape index (κ2) is 13.1. The number of nitrogens with one attached hydrogen (secondary N) is 1. The van der Waals surface area contributed by atoms with Gasteiger partial charge < -0.3 is 24.3 Å². The third kappa shape index (κ3) is 6.70. The highest BCUT2D eigenvalue weighted by molar-refractivity contribution is 5.98. The van der Waals surface area contributed by atoms with Gasteiger partial charge in [0.1, 0.15) is 12.1 Å². The number of hydrogen-bond acceptors (Lipinski definition) is 6. The zero-order valence-corrected chi connectivity index (χ0v) is 23.5. The standard InChI is InChI=1S/C29H39N5O4/c1-8-20(5)25(12-10-11-21(6)27-32-30-18-34(27)19(3)4)31-28(35)24-15-23-17-33(29(36)38-9-2)14-13-22(23)16-26(24)37-7/h10-12,15-16,18-19H,8-9,13-14,17H2,1-7H3,(H,31,35)/b12-10-,21-11+,25-20-. The van der Waals surface area contributed by atoms with Crippen molar-refractivity contribution in [2.45, 2.75) is 67.0 Å². The van der Waals surface area contributed by atoms with Gasteiger partial charge in [-0.05, 0) is 87.9 Å². The summed E-state index contributed by atoms with van der Waals surface area (Å²) < 4.78 is 12.8. The first-order valence-electron chi connectivity index (χ1n) is 13.1. The summed E-state index contributed by atoms with van der Waals surface area (Å²) in [5, 5.41) is 11.3. The summed E-state index contributed by atoms with van der Waals surface area (Å²) in [6.45, 7) is 13.3. The van der Waals surface area contributed by atoms with E-state index in [0.29, 0.717) is 37.4 Å². The summed E-state index contributed by atoms with van der Waals surface area (Å²) in [5.74, 6) is 1.04. The van der Waals surface area contributed by atoms with Crippen LogP contribution in [0.15, 0.2) is 48.0 Å². The van der Waals surface area contributed by atoms with Crippen LogP contribution >= 0.6 is 0 Å². The summed E-state index contributed by atoms with van der Waals surface area (Å²) >= 11 is 0. The van der Waals surface area contributed by atoms with E-state index in [-0.39, 0.29) is 18.0 Å². The first-order chi connectivity index (χ1) is 18.2. The van der Waals surface area contributed by atoms with Crippen molar-refractivity contribution in [1.82, 2.24) is 25.0 Å². The van der Waals surface area contributed by atoms with Gasteiger partial charge in [0, 0.05) is 24.8 Å². The number of amides is 2. The number of benzene rings is 1. The average molecular weight is 522 g/mol. The van der Waals surface area contributed by atoms with Crippen molar-refractivity contribution in [3.05, 3.63) is 70.5 Å². The second-order valence-corrected chi connectivity index (χ2v) is 9.56. The van der Waals surface area contributed by atoms with Crippen LogP contribution in [0.4, 0.5) is 4.79 Å². The lowest BCUT2D eigenvalue weighted by atomic mass is 9.96. The fourth-order valence-corrected chi connectivity index (χ4v) is 4.24. The maximum atomic E-state index is 13.5. The molecule has 2 heterocycles. The Morgan fingerprint density at radius 2 is 1.95 bits per heavy atom. The Morgan fingerprint density at radius 3 is 2.61 bits per heavy atom. The van der Waals surface area contributed by atoms with Crippen molar-refractivity contribution in [1.29, 1.82) is 0 Å². The number of ether oxygens (including phenoxy) is 2. The molecule has 9 heteroatoms. The normalized spacial score (nSPS) is 14.4. The molecule has 0 atom stereocenters. The number of methoxy groups -OCH3 is 1. The van der Waals surface area contributed by atoms with Crippen molar-refractivity contribution in [3.8, 4) is 5.75 Å². The van der Waals surface area contributed by atoms with Crippen molar-refractivity contribution in [2.24, 2.45) is 0 Å². The van der Waals surface area contributed by atoms with Gasteiger partial charge in [0.15, 0.2) is 5.82 Å². The fourth-order valence-electron chi connectivity index (χ4n) is 4.24. The van der Waals surface area contributed by atoms with Crippen LogP contribution in [0.2, 0.25) is 0 Å². The molecule has 0 saturated carbocycles. The Morgan fingerprint density at radius 1 is 1.18 bits per heavy atom. The molecule has 1 aliphatic rings. The Balaban J connectivity index is 1.84. The van der Waals surface area contributed by atoms with Gasteiger partial charge in [-0.15, -0.1) is 10.2 Å². The van der Waals surface area contributed by atoms with Gasteiger partial charge in [-0.25, -0.2) is 4.79 Å².